The Labute approximate surface area is 86.0 Å². The Bertz CT molecular complexity index is 263. The predicted octanol–water partition coefficient (Wildman–Crippen LogP) is 2.99. The van der Waals surface area contributed by atoms with E-state index in [9.17, 15) is 0 Å². The molecule has 66 valence electrons. The lowest BCUT2D eigenvalue weighted by molar-refractivity contribution is 0.832. The fourth-order valence-electron chi connectivity index (χ4n) is 1.00. The fraction of sp³-hybridized carbons (Fsp3) is 0.333. The van der Waals surface area contributed by atoms with Gasteiger partial charge in [-0.15, -0.1) is 0 Å². The lowest BCUT2D eigenvalue weighted by Crippen LogP contribution is -2.00. The lowest BCUT2D eigenvalue weighted by Gasteiger charge is -2.01. The molecule has 0 fully saturated rings. The molecule has 0 aliphatic rings. The molecule has 0 radical (unpaired) electrons. The molecule has 0 heterocycles. The maximum atomic E-state index is 5.84. The molecule has 0 unspecified atom stereocenters. The van der Waals surface area contributed by atoms with Gasteiger partial charge in [-0.25, -0.2) is 0 Å². The fourth-order valence-corrected chi connectivity index (χ4v) is 1.55. The Balaban J connectivity index is 2.69. The smallest absolute Gasteiger partial charge is 0.0548 e. The van der Waals surface area contributed by atoms with Crippen LogP contribution in [0.3, 0.4) is 0 Å². The largest absolute Gasteiger partial charge is 0.330 e. The normalized spacial score (nSPS) is 10.2. The second-order valence-corrected chi connectivity index (χ2v) is 3.90. The van der Waals surface area contributed by atoms with E-state index in [1.165, 1.54) is 5.56 Å². The van der Waals surface area contributed by atoms with Crippen LogP contribution in [-0.4, -0.2) is 6.54 Å². The Morgan fingerprint density at radius 3 is 2.75 bits per heavy atom. The number of hydrogen-bond acceptors (Lipinski definition) is 1. The van der Waals surface area contributed by atoms with E-state index in [0.29, 0.717) is 0 Å². The van der Waals surface area contributed by atoms with Crippen LogP contribution < -0.4 is 5.73 Å². The zero-order chi connectivity index (χ0) is 8.97. The number of aryl methyl sites for hydroxylation is 1. The maximum Gasteiger partial charge on any atom is 0.0548 e. The van der Waals surface area contributed by atoms with Crippen LogP contribution in [0.25, 0.3) is 0 Å². The van der Waals surface area contributed by atoms with Crippen LogP contribution in [0.5, 0.6) is 0 Å². The monoisotopic (exact) mass is 247 g/mol. The van der Waals surface area contributed by atoms with Gasteiger partial charge in [0.2, 0.25) is 0 Å². The Hall–Kier alpha value is -0.0500. The topological polar surface area (TPSA) is 26.0 Å². The van der Waals surface area contributed by atoms with Crippen molar-refractivity contribution in [2.24, 2.45) is 5.73 Å². The zero-order valence-electron chi connectivity index (χ0n) is 6.69. The summed E-state index contributed by atoms with van der Waals surface area (Å²) in [4.78, 5) is 0. The average molecular weight is 249 g/mol. The van der Waals surface area contributed by atoms with Crippen LogP contribution in [0.4, 0.5) is 0 Å². The van der Waals surface area contributed by atoms with Crippen molar-refractivity contribution in [2.75, 3.05) is 6.54 Å². The van der Waals surface area contributed by atoms with Crippen LogP contribution in [0, 0.1) is 0 Å². The number of nitrogens with two attached hydrogens (primary N) is 1. The SMILES string of the molecule is NCCCc1ccc(Cl)c(Br)c1. The molecule has 0 aromatic heterocycles. The van der Waals surface area contributed by atoms with Gasteiger partial charge in [0.05, 0.1) is 5.02 Å². The van der Waals surface area contributed by atoms with Crippen molar-refractivity contribution < 1.29 is 0 Å². The van der Waals surface area contributed by atoms with E-state index >= 15 is 0 Å². The highest BCUT2D eigenvalue weighted by molar-refractivity contribution is 9.10. The quantitative estimate of drug-likeness (QED) is 0.874. The Morgan fingerprint density at radius 1 is 1.42 bits per heavy atom. The van der Waals surface area contributed by atoms with Crippen molar-refractivity contribution in [2.45, 2.75) is 12.8 Å². The standard InChI is InChI=1S/C9H11BrClN/c10-8-6-7(2-1-5-12)3-4-9(8)11/h3-4,6H,1-2,5,12H2. The van der Waals surface area contributed by atoms with Gasteiger partial charge in [0.15, 0.2) is 0 Å². The maximum absolute atomic E-state index is 5.84. The Morgan fingerprint density at radius 2 is 2.17 bits per heavy atom. The first-order chi connectivity index (χ1) is 5.74. The van der Waals surface area contributed by atoms with E-state index in [4.69, 9.17) is 17.3 Å². The number of benzene rings is 1. The summed E-state index contributed by atoms with van der Waals surface area (Å²) in [7, 11) is 0. The zero-order valence-corrected chi connectivity index (χ0v) is 9.03. The van der Waals surface area contributed by atoms with Gasteiger partial charge in [0.25, 0.3) is 0 Å². The minimum absolute atomic E-state index is 0.736. The van der Waals surface area contributed by atoms with Gasteiger partial charge in [0.1, 0.15) is 0 Å². The highest BCUT2D eigenvalue weighted by Crippen LogP contribution is 2.23. The average Bonchev–Trinajstić information content (AvgIpc) is 2.07. The van der Waals surface area contributed by atoms with Crippen molar-refractivity contribution in [3.8, 4) is 0 Å². The summed E-state index contributed by atoms with van der Waals surface area (Å²) in [6, 6.07) is 5.97. The van der Waals surface area contributed by atoms with Crippen molar-refractivity contribution in [3.05, 3.63) is 33.3 Å². The summed E-state index contributed by atoms with van der Waals surface area (Å²) in [6.45, 7) is 0.736. The minimum Gasteiger partial charge on any atom is -0.330 e. The molecule has 0 aliphatic carbocycles. The second-order valence-electron chi connectivity index (χ2n) is 2.64. The molecule has 0 aliphatic heterocycles. The molecular formula is C9H11BrClN. The third-order valence-electron chi connectivity index (χ3n) is 1.65. The first-order valence-corrected chi connectivity index (χ1v) is 5.05. The molecule has 0 amide bonds. The summed E-state index contributed by atoms with van der Waals surface area (Å²) < 4.78 is 0.957. The molecule has 12 heavy (non-hydrogen) atoms. The van der Waals surface area contributed by atoms with Gasteiger partial charge < -0.3 is 5.73 Å². The summed E-state index contributed by atoms with van der Waals surface area (Å²) in [6.07, 6.45) is 2.04. The molecule has 0 saturated carbocycles. The molecule has 0 atom stereocenters. The van der Waals surface area contributed by atoms with Gasteiger partial charge in [-0.1, -0.05) is 17.7 Å². The van der Waals surface area contributed by atoms with Crippen molar-refractivity contribution in [1.82, 2.24) is 0 Å². The summed E-state index contributed by atoms with van der Waals surface area (Å²) in [5.41, 5.74) is 6.68. The van der Waals surface area contributed by atoms with Gasteiger partial charge in [-0.3, -0.25) is 0 Å². The molecule has 2 N–H and O–H groups in total. The first-order valence-electron chi connectivity index (χ1n) is 3.88. The molecule has 0 saturated heterocycles. The summed E-state index contributed by atoms with van der Waals surface area (Å²) >= 11 is 9.22. The van der Waals surface area contributed by atoms with E-state index < -0.39 is 0 Å². The van der Waals surface area contributed by atoms with Crippen molar-refractivity contribution in [3.63, 3.8) is 0 Å². The predicted molar refractivity (Wildman–Crippen MR) is 56.5 cm³/mol. The van der Waals surface area contributed by atoms with Crippen LogP contribution in [0.15, 0.2) is 22.7 Å². The third kappa shape index (κ3) is 2.77. The van der Waals surface area contributed by atoms with E-state index in [0.717, 1.165) is 28.9 Å². The van der Waals surface area contributed by atoms with Gasteiger partial charge >= 0.3 is 0 Å². The molecule has 1 aromatic rings. The first kappa shape index (κ1) is 10.0. The highest BCUT2D eigenvalue weighted by Gasteiger charge is 1.97. The highest BCUT2D eigenvalue weighted by atomic mass is 79.9. The minimum atomic E-state index is 0.736. The number of hydrogen-bond donors (Lipinski definition) is 1. The molecule has 0 spiro atoms. The van der Waals surface area contributed by atoms with Crippen LogP contribution in [-0.2, 0) is 6.42 Å². The lowest BCUT2D eigenvalue weighted by atomic mass is 10.1. The Kier molecular flexibility index (Phi) is 4.06. The van der Waals surface area contributed by atoms with E-state index in [1.807, 2.05) is 18.2 Å². The third-order valence-corrected chi connectivity index (χ3v) is 2.87. The summed E-state index contributed by atoms with van der Waals surface area (Å²) in [5, 5.41) is 0.756. The van der Waals surface area contributed by atoms with Crippen LogP contribution in [0.2, 0.25) is 5.02 Å². The molecule has 3 heteroatoms. The number of halogens is 2. The summed E-state index contributed by atoms with van der Waals surface area (Å²) in [5.74, 6) is 0. The van der Waals surface area contributed by atoms with Crippen LogP contribution >= 0.6 is 27.5 Å². The molecule has 0 bridgehead atoms. The van der Waals surface area contributed by atoms with E-state index in [2.05, 4.69) is 15.9 Å². The van der Waals surface area contributed by atoms with Gasteiger partial charge in [-0.2, -0.15) is 0 Å². The molecule has 1 rings (SSSR count). The van der Waals surface area contributed by atoms with E-state index in [-0.39, 0.29) is 0 Å². The van der Waals surface area contributed by atoms with Crippen LogP contribution in [0.1, 0.15) is 12.0 Å². The molecular weight excluding hydrogens is 237 g/mol. The molecule has 1 nitrogen and oxygen atoms in total. The van der Waals surface area contributed by atoms with Crippen molar-refractivity contribution in [1.29, 1.82) is 0 Å². The van der Waals surface area contributed by atoms with Gasteiger partial charge in [-0.05, 0) is 53.0 Å². The van der Waals surface area contributed by atoms with Crippen molar-refractivity contribution >= 4 is 27.5 Å². The second kappa shape index (κ2) is 4.85. The van der Waals surface area contributed by atoms with E-state index in [1.54, 1.807) is 0 Å². The number of rotatable bonds is 3. The van der Waals surface area contributed by atoms with Gasteiger partial charge in [0, 0.05) is 4.47 Å². The molecule has 1 aromatic carbocycles.